The number of benzene rings is 1. The molecule has 1 aromatic carbocycles. The van der Waals surface area contributed by atoms with Gasteiger partial charge in [-0.1, -0.05) is 26.2 Å². The summed E-state index contributed by atoms with van der Waals surface area (Å²) >= 11 is 0. The van der Waals surface area contributed by atoms with Crippen LogP contribution in [-0.4, -0.2) is 53.2 Å². The van der Waals surface area contributed by atoms with Crippen LogP contribution in [0.4, 0.5) is 4.39 Å². The summed E-state index contributed by atoms with van der Waals surface area (Å²) in [6, 6.07) is 3.15. The van der Waals surface area contributed by atoms with Crippen molar-refractivity contribution in [3.63, 3.8) is 0 Å². The zero-order valence-electron chi connectivity index (χ0n) is 21.6. The number of likely N-dealkylation sites (tertiary alicyclic amines) is 1. The summed E-state index contributed by atoms with van der Waals surface area (Å²) in [5.74, 6) is 2.29. The van der Waals surface area contributed by atoms with Crippen LogP contribution in [0.1, 0.15) is 62.9 Å². The highest BCUT2D eigenvalue weighted by Gasteiger charge is 2.50. The maximum atomic E-state index is 14.5. The molecule has 0 radical (unpaired) electrons. The van der Waals surface area contributed by atoms with Crippen LogP contribution in [0, 0.1) is 41.3 Å². The Bertz CT molecular complexity index is 1290. The average Bonchev–Trinajstić information content (AvgIpc) is 3.60. The number of aromatic nitrogens is 1. The summed E-state index contributed by atoms with van der Waals surface area (Å²) in [5.41, 5.74) is 0.348. The van der Waals surface area contributed by atoms with Crippen molar-refractivity contribution in [3.8, 4) is 18.1 Å². The molecule has 1 aliphatic heterocycles. The molecule has 3 fully saturated rings. The van der Waals surface area contributed by atoms with Crippen LogP contribution in [0.2, 0.25) is 0 Å². The predicted molar refractivity (Wildman–Crippen MR) is 137 cm³/mol. The Morgan fingerprint density at radius 1 is 1.35 bits per heavy atom. The van der Waals surface area contributed by atoms with Gasteiger partial charge in [0.25, 0.3) is 5.91 Å². The van der Waals surface area contributed by atoms with Gasteiger partial charge in [0.05, 0.1) is 18.7 Å². The number of halogens is 1. The summed E-state index contributed by atoms with van der Waals surface area (Å²) in [6.45, 7) is 4.61. The Balaban J connectivity index is 1.37. The number of ketones is 1. The number of H-pyrrole nitrogens is 1. The van der Waals surface area contributed by atoms with E-state index in [0.29, 0.717) is 30.5 Å². The van der Waals surface area contributed by atoms with Crippen molar-refractivity contribution < 1.29 is 23.5 Å². The van der Waals surface area contributed by atoms with E-state index in [2.05, 4.69) is 30.1 Å². The number of ether oxygens (including phenoxy) is 1. The summed E-state index contributed by atoms with van der Waals surface area (Å²) in [7, 11) is 1.49. The van der Waals surface area contributed by atoms with Crippen molar-refractivity contribution in [3.05, 3.63) is 29.7 Å². The Kier molecular flexibility index (Phi) is 6.51. The van der Waals surface area contributed by atoms with Crippen molar-refractivity contribution in [2.45, 2.75) is 64.5 Å². The first-order valence-corrected chi connectivity index (χ1v) is 13.1. The second kappa shape index (κ2) is 9.51. The smallest absolute Gasteiger partial charge is 0.271 e. The number of aromatic amines is 1. The van der Waals surface area contributed by atoms with Crippen molar-refractivity contribution in [2.75, 3.05) is 13.7 Å². The molecular weight excluding hydrogens is 473 g/mol. The first-order valence-electron chi connectivity index (χ1n) is 13.1. The molecule has 196 valence electrons. The van der Waals surface area contributed by atoms with Crippen LogP contribution in [0.3, 0.4) is 0 Å². The Morgan fingerprint density at radius 2 is 2.14 bits per heavy atom. The fourth-order valence-corrected chi connectivity index (χ4v) is 6.85. The van der Waals surface area contributed by atoms with Gasteiger partial charge in [0.15, 0.2) is 0 Å². The van der Waals surface area contributed by atoms with Gasteiger partial charge in [-0.25, -0.2) is 4.39 Å². The standard InChI is InChI=1S/C29H34FN3O4/c1-5-18(11-17-13-29(2,3)14-23(17)34)31-27(35)26-19-8-6-7-16(19)15-33(26)28(36)22-12-20-24(37-4)10-9-21(30)25(20)32-22/h1,9-10,12,16-19,26,32H,6-8,11,13-15H2,2-4H3,(H,31,35)/t16-,17+,18+,19-,26-/m0/s1. The van der Waals surface area contributed by atoms with E-state index >= 15 is 0 Å². The second-order valence-electron chi connectivity index (χ2n) is 11.7. The first-order chi connectivity index (χ1) is 17.6. The van der Waals surface area contributed by atoms with Crippen LogP contribution >= 0.6 is 0 Å². The lowest BCUT2D eigenvalue weighted by molar-refractivity contribution is -0.127. The zero-order chi connectivity index (χ0) is 26.5. The van der Waals surface area contributed by atoms with Crippen LogP contribution < -0.4 is 10.1 Å². The largest absolute Gasteiger partial charge is 0.496 e. The Hall–Kier alpha value is -3.34. The molecule has 3 aliphatic rings. The minimum atomic E-state index is -0.662. The van der Waals surface area contributed by atoms with Gasteiger partial charge in [0, 0.05) is 24.3 Å². The van der Waals surface area contributed by atoms with Gasteiger partial charge < -0.3 is 19.9 Å². The van der Waals surface area contributed by atoms with Crippen LogP contribution in [0.25, 0.3) is 10.9 Å². The molecular formula is C29H34FN3O4. The highest BCUT2D eigenvalue weighted by molar-refractivity contribution is 6.02. The van der Waals surface area contributed by atoms with Crippen molar-refractivity contribution in [1.82, 2.24) is 15.2 Å². The highest BCUT2D eigenvalue weighted by Crippen LogP contribution is 2.44. The van der Waals surface area contributed by atoms with Crippen molar-refractivity contribution in [2.24, 2.45) is 23.2 Å². The lowest BCUT2D eigenvalue weighted by atomic mass is 9.88. The molecule has 1 saturated heterocycles. The number of carbonyl (C=O) groups excluding carboxylic acids is 3. The number of hydrogen-bond donors (Lipinski definition) is 2. The number of fused-ring (bicyclic) bond motifs is 2. The molecule has 2 amide bonds. The van der Waals surface area contributed by atoms with Crippen LogP contribution in [0.5, 0.6) is 5.75 Å². The highest BCUT2D eigenvalue weighted by atomic mass is 19.1. The Labute approximate surface area is 216 Å². The molecule has 8 heteroatoms. The second-order valence-corrected chi connectivity index (χ2v) is 11.7. The summed E-state index contributed by atoms with van der Waals surface area (Å²) in [6.07, 6.45) is 10.3. The van der Waals surface area contributed by atoms with E-state index in [1.54, 1.807) is 11.0 Å². The normalized spacial score (nSPS) is 27.2. The number of Topliss-reactive ketones (excluding diaryl/α,β-unsaturated/α-hetero) is 1. The third-order valence-corrected chi connectivity index (χ3v) is 8.52. The van der Waals surface area contributed by atoms with Gasteiger partial charge in [-0.3, -0.25) is 14.4 Å². The van der Waals surface area contributed by atoms with Gasteiger partial charge in [-0.15, -0.1) is 6.42 Å². The van der Waals surface area contributed by atoms with Gasteiger partial charge >= 0.3 is 0 Å². The number of rotatable bonds is 6. The summed E-state index contributed by atoms with van der Waals surface area (Å²) in [4.78, 5) is 44.3. The molecule has 7 nitrogen and oxygen atoms in total. The maximum Gasteiger partial charge on any atom is 0.271 e. The molecule has 0 unspecified atom stereocenters. The molecule has 2 aliphatic carbocycles. The van der Waals surface area contributed by atoms with Gasteiger partial charge in [-0.05, 0) is 61.1 Å². The monoisotopic (exact) mass is 507 g/mol. The number of terminal acetylenes is 1. The maximum absolute atomic E-state index is 14.5. The van der Waals surface area contributed by atoms with Crippen LogP contribution in [-0.2, 0) is 9.59 Å². The van der Waals surface area contributed by atoms with Gasteiger partial charge in [-0.2, -0.15) is 0 Å². The number of hydrogen-bond acceptors (Lipinski definition) is 4. The van der Waals surface area contributed by atoms with E-state index in [1.165, 1.54) is 19.2 Å². The third kappa shape index (κ3) is 4.60. The number of nitrogens with one attached hydrogen (secondary N) is 2. The SMILES string of the molecule is C#C[C@H](C[C@@H]1CC(C)(C)CC1=O)NC(=O)[C@@H]1[C@H]2CCC[C@H]2CN1C(=O)c1cc2c(OC)ccc(F)c2[nH]1. The van der Waals surface area contributed by atoms with E-state index in [-0.39, 0.29) is 52.0 Å². The van der Waals surface area contributed by atoms with Crippen LogP contribution in [0.15, 0.2) is 18.2 Å². The molecule has 5 atom stereocenters. The van der Waals surface area contributed by atoms with E-state index in [0.717, 1.165) is 25.7 Å². The van der Waals surface area contributed by atoms with E-state index < -0.39 is 17.9 Å². The quantitative estimate of drug-likeness (QED) is 0.577. The Morgan fingerprint density at radius 3 is 2.81 bits per heavy atom. The molecule has 0 spiro atoms. The number of carbonyl (C=O) groups is 3. The first kappa shape index (κ1) is 25.3. The van der Waals surface area contributed by atoms with Crippen molar-refractivity contribution >= 4 is 28.5 Å². The molecule has 2 heterocycles. The topological polar surface area (TPSA) is 91.5 Å². The predicted octanol–water partition coefficient (Wildman–Crippen LogP) is 4.07. The molecule has 2 saturated carbocycles. The number of amides is 2. The number of nitrogens with zero attached hydrogens (tertiary/aromatic N) is 1. The number of methoxy groups -OCH3 is 1. The lowest BCUT2D eigenvalue weighted by Gasteiger charge is -2.28. The van der Waals surface area contributed by atoms with Gasteiger partial charge in [0.1, 0.15) is 29.1 Å². The fraction of sp³-hybridized carbons (Fsp3) is 0.552. The molecule has 2 aromatic rings. The van der Waals surface area contributed by atoms with E-state index in [9.17, 15) is 18.8 Å². The molecule has 37 heavy (non-hydrogen) atoms. The minimum Gasteiger partial charge on any atom is -0.496 e. The molecule has 1 aromatic heterocycles. The molecule has 2 N–H and O–H groups in total. The zero-order valence-corrected chi connectivity index (χ0v) is 21.6. The lowest BCUT2D eigenvalue weighted by Crippen LogP contribution is -2.51. The molecule has 5 rings (SSSR count). The van der Waals surface area contributed by atoms with E-state index in [1.807, 2.05) is 0 Å². The van der Waals surface area contributed by atoms with Crippen molar-refractivity contribution in [1.29, 1.82) is 0 Å². The van der Waals surface area contributed by atoms with Gasteiger partial charge in [0.2, 0.25) is 5.91 Å². The third-order valence-electron chi connectivity index (χ3n) is 8.52. The minimum absolute atomic E-state index is 0.0464. The van der Waals surface area contributed by atoms with E-state index in [4.69, 9.17) is 11.2 Å². The molecule has 0 bridgehead atoms. The average molecular weight is 508 g/mol. The fourth-order valence-electron chi connectivity index (χ4n) is 6.85. The summed E-state index contributed by atoms with van der Waals surface area (Å²) in [5, 5.41) is 3.45. The summed E-state index contributed by atoms with van der Waals surface area (Å²) < 4.78 is 19.8.